The Bertz CT molecular complexity index is 713. The Balaban J connectivity index is 1.61. The van der Waals surface area contributed by atoms with Crippen molar-refractivity contribution in [2.75, 3.05) is 19.6 Å². The predicted octanol–water partition coefficient (Wildman–Crippen LogP) is 3.42. The van der Waals surface area contributed by atoms with Crippen LogP contribution in [0.3, 0.4) is 0 Å². The highest BCUT2D eigenvalue weighted by Gasteiger charge is 2.25. The van der Waals surface area contributed by atoms with Gasteiger partial charge in [0.1, 0.15) is 0 Å². The van der Waals surface area contributed by atoms with Crippen molar-refractivity contribution in [3.05, 3.63) is 35.7 Å². The fourth-order valence-corrected chi connectivity index (χ4v) is 3.28. The minimum absolute atomic E-state index is 0.0395. The van der Waals surface area contributed by atoms with Crippen molar-refractivity contribution < 1.29 is 9.32 Å². The Labute approximate surface area is 148 Å². The summed E-state index contributed by atoms with van der Waals surface area (Å²) in [7, 11) is 0. The molecular formula is C19H26N4O2. The Morgan fingerprint density at radius 3 is 3.04 bits per heavy atom. The number of piperidine rings is 1. The summed E-state index contributed by atoms with van der Waals surface area (Å²) in [6.45, 7) is 6.39. The summed E-state index contributed by atoms with van der Waals surface area (Å²) in [4.78, 5) is 18.6. The normalized spacial score (nSPS) is 17.5. The molecular weight excluding hydrogens is 316 g/mol. The van der Waals surface area contributed by atoms with Gasteiger partial charge in [-0.1, -0.05) is 36.3 Å². The molecule has 2 aromatic rings. The lowest BCUT2D eigenvalue weighted by Crippen LogP contribution is -2.46. The molecule has 3 rings (SSSR count). The molecule has 1 fully saturated rings. The first-order valence-electron chi connectivity index (χ1n) is 9.08. The summed E-state index contributed by atoms with van der Waals surface area (Å²) in [6.07, 6.45) is 3.77. The molecule has 2 amide bonds. The molecule has 1 atom stereocenters. The third-order valence-electron chi connectivity index (χ3n) is 4.65. The second kappa shape index (κ2) is 8.14. The molecule has 25 heavy (non-hydrogen) atoms. The monoisotopic (exact) mass is 342 g/mol. The largest absolute Gasteiger partial charge is 0.339 e. The van der Waals surface area contributed by atoms with Gasteiger partial charge in [-0.3, -0.25) is 0 Å². The zero-order chi connectivity index (χ0) is 17.6. The lowest BCUT2D eigenvalue weighted by Gasteiger charge is -2.32. The van der Waals surface area contributed by atoms with Crippen molar-refractivity contribution in [1.82, 2.24) is 20.4 Å². The first kappa shape index (κ1) is 17.5. The molecule has 1 unspecified atom stereocenters. The topological polar surface area (TPSA) is 71.3 Å². The highest BCUT2D eigenvalue weighted by Crippen LogP contribution is 2.23. The molecule has 2 heterocycles. The summed E-state index contributed by atoms with van der Waals surface area (Å²) in [6, 6.07) is 8.06. The van der Waals surface area contributed by atoms with Gasteiger partial charge >= 0.3 is 6.03 Å². The molecule has 6 heteroatoms. The van der Waals surface area contributed by atoms with Gasteiger partial charge in [0.15, 0.2) is 0 Å². The zero-order valence-corrected chi connectivity index (χ0v) is 15.0. The molecule has 0 bridgehead atoms. The van der Waals surface area contributed by atoms with E-state index in [4.69, 9.17) is 4.52 Å². The van der Waals surface area contributed by atoms with E-state index in [0.29, 0.717) is 17.6 Å². The fourth-order valence-electron chi connectivity index (χ4n) is 3.28. The molecule has 1 aromatic carbocycles. The summed E-state index contributed by atoms with van der Waals surface area (Å²) >= 11 is 0. The summed E-state index contributed by atoms with van der Waals surface area (Å²) < 4.78 is 5.46. The van der Waals surface area contributed by atoms with Crippen LogP contribution in [-0.2, 0) is 6.42 Å². The number of hydrogen-bond donors (Lipinski definition) is 1. The highest BCUT2D eigenvalue weighted by molar-refractivity contribution is 5.74. The SMILES string of the molecule is CCCNC(=O)N1CCCC(Cc2nc(-c3ccccc3C)no2)C1. The number of hydrogen-bond acceptors (Lipinski definition) is 4. The van der Waals surface area contributed by atoms with Gasteiger partial charge in [-0.05, 0) is 37.7 Å². The van der Waals surface area contributed by atoms with Crippen LogP contribution in [0.2, 0.25) is 0 Å². The van der Waals surface area contributed by atoms with Crippen LogP contribution in [0.15, 0.2) is 28.8 Å². The number of nitrogens with zero attached hydrogens (tertiary/aromatic N) is 3. The van der Waals surface area contributed by atoms with Gasteiger partial charge in [-0.2, -0.15) is 4.98 Å². The summed E-state index contributed by atoms with van der Waals surface area (Å²) in [5, 5.41) is 7.08. The number of urea groups is 1. The van der Waals surface area contributed by atoms with Gasteiger partial charge in [0, 0.05) is 31.6 Å². The second-order valence-corrected chi connectivity index (χ2v) is 6.72. The Morgan fingerprint density at radius 1 is 1.40 bits per heavy atom. The molecule has 134 valence electrons. The molecule has 1 aromatic heterocycles. The van der Waals surface area contributed by atoms with Crippen molar-refractivity contribution in [1.29, 1.82) is 0 Å². The number of aromatic nitrogens is 2. The maximum absolute atomic E-state index is 12.1. The van der Waals surface area contributed by atoms with Gasteiger partial charge in [0.05, 0.1) is 0 Å². The minimum atomic E-state index is 0.0395. The lowest BCUT2D eigenvalue weighted by atomic mass is 9.95. The van der Waals surface area contributed by atoms with Crippen molar-refractivity contribution in [3.8, 4) is 11.4 Å². The number of amides is 2. The maximum atomic E-state index is 12.1. The van der Waals surface area contributed by atoms with E-state index in [1.165, 1.54) is 0 Å². The minimum Gasteiger partial charge on any atom is -0.339 e. The van der Waals surface area contributed by atoms with Crippen molar-refractivity contribution in [2.24, 2.45) is 5.92 Å². The van der Waals surface area contributed by atoms with Crippen molar-refractivity contribution in [3.63, 3.8) is 0 Å². The van der Waals surface area contributed by atoms with Gasteiger partial charge in [-0.25, -0.2) is 4.79 Å². The van der Waals surface area contributed by atoms with E-state index >= 15 is 0 Å². The second-order valence-electron chi connectivity index (χ2n) is 6.72. The number of likely N-dealkylation sites (tertiary alicyclic amines) is 1. The van der Waals surface area contributed by atoms with Gasteiger partial charge in [-0.15, -0.1) is 0 Å². The number of aryl methyl sites for hydroxylation is 1. The van der Waals surface area contributed by atoms with Crippen LogP contribution in [0.25, 0.3) is 11.4 Å². The quantitative estimate of drug-likeness (QED) is 0.904. The van der Waals surface area contributed by atoms with Gasteiger partial charge < -0.3 is 14.7 Å². The Hall–Kier alpha value is -2.37. The van der Waals surface area contributed by atoms with Gasteiger partial charge in [0.2, 0.25) is 11.7 Å². The average molecular weight is 342 g/mol. The lowest BCUT2D eigenvalue weighted by molar-refractivity contribution is 0.161. The van der Waals surface area contributed by atoms with Crippen LogP contribution in [-0.4, -0.2) is 40.7 Å². The molecule has 0 aliphatic carbocycles. The Morgan fingerprint density at radius 2 is 2.24 bits per heavy atom. The van der Waals surface area contributed by atoms with E-state index < -0.39 is 0 Å². The highest BCUT2D eigenvalue weighted by atomic mass is 16.5. The number of carbonyl (C=O) groups excluding carboxylic acids is 1. The Kier molecular flexibility index (Phi) is 5.68. The van der Waals surface area contributed by atoms with Crippen LogP contribution in [0.1, 0.15) is 37.6 Å². The van der Waals surface area contributed by atoms with E-state index in [1.807, 2.05) is 36.1 Å². The third kappa shape index (κ3) is 4.38. The van der Waals surface area contributed by atoms with Crippen molar-refractivity contribution in [2.45, 2.75) is 39.5 Å². The predicted molar refractivity (Wildman–Crippen MR) is 96.2 cm³/mol. The number of benzene rings is 1. The first-order chi connectivity index (χ1) is 12.2. The molecule has 6 nitrogen and oxygen atoms in total. The van der Waals surface area contributed by atoms with Crippen molar-refractivity contribution >= 4 is 6.03 Å². The molecule has 1 saturated heterocycles. The summed E-state index contributed by atoms with van der Waals surface area (Å²) in [5.41, 5.74) is 2.13. The van der Waals surface area contributed by atoms with Crippen LogP contribution in [0.4, 0.5) is 4.79 Å². The van der Waals surface area contributed by atoms with Gasteiger partial charge in [0.25, 0.3) is 0 Å². The van der Waals surface area contributed by atoms with E-state index in [-0.39, 0.29) is 6.03 Å². The standard InChI is InChI=1S/C19H26N4O2/c1-3-10-20-19(24)23-11-6-8-15(13-23)12-17-21-18(22-25-17)16-9-5-4-7-14(16)2/h4-5,7,9,15H,3,6,8,10-13H2,1-2H3,(H,20,24). The van der Waals surface area contributed by atoms with E-state index in [2.05, 4.69) is 22.4 Å². The average Bonchev–Trinajstić information content (AvgIpc) is 3.08. The third-order valence-corrected chi connectivity index (χ3v) is 4.65. The fraction of sp³-hybridized carbons (Fsp3) is 0.526. The maximum Gasteiger partial charge on any atom is 0.317 e. The van der Waals surface area contributed by atoms with Crippen LogP contribution in [0.5, 0.6) is 0 Å². The van der Waals surface area contributed by atoms with E-state index in [1.54, 1.807) is 0 Å². The smallest absolute Gasteiger partial charge is 0.317 e. The number of rotatable bonds is 5. The first-order valence-corrected chi connectivity index (χ1v) is 9.08. The van der Waals surface area contributed by atoms with Crippen LogP contribution < -0.4 is 5.32 Å². The van der Waals surface area contributed by atoms with E-state index in [9.17, 15) is 4.79 Å². The molecule has 0 radical (unpaired) electrons. The molecule has 1 aliphatic rings. The molecule has 0 saturated carbocycles. The molecule has 1 aliphatic heterocycles. The number of carbonyl (C=O) groups is 1. The van der Waals surface area contributed by atoms with Crippen LogP contribution >= 0.6 is 0 Å². The molecule has 0 spiro atoms. The molecule has 1 N–H and O–H groups in total. The zero-order valence-electron chi connectivity index (χ0n) is 15.0. The van der Waals surface area contributed by atoms with Crippen LogP contribution in [0, 0.1) is 12.8 Å². The van der Waals surface area contributed by atoms with E-state index in [0.717, 1.165) is 56.4 Å². The summed E-state index contributed by atoms with van der Waals surface area (Å²) in [5.74, 6) is 1.66. The number of nitrogens with one attached hydrogen (secondary N) is 1.